The van der Waals surface area contributed by atoms with Crippen LogP contribution in [-0.2, 0) is 13.0 Å². The molecule has 0 spiro atoms. The molecule has 2 aromatic heterocycles. The number of carbonyl (C=O) groups excluding carboxylic acids is 1. The molecule has 0 bridgehead atoms. The third-order valence-electron chi connectivity index (χ3n) is 4.43. The van der Waals surface area contributed by atoms with Crippen molar-refractivity contribution >= 4 is 11.7 Å². The number of aliphatic hydroxyl groups is 1. The smallest absolute Gasteiger partial charge is 0.253 e. The third-order valence-corrected chi connectivity index (χ3v) is 4.43. The maximum atomic E-state index is 12.2. The average Bonchev–Trinajstić information content (AvgIpc) is 3.29. The van der Waals surface area contributed by atoms with Crippen LogP contribution < -0.4 is 10.2 Å². The molecule has 3 rings (SSSR count). The summed E-state index contributed by atoms with van der Waals surface area (Å²) >= 11 is 0. The monoisotopic (exact) mass is 344 g/mol. The van der Waals surface area contributed by atoms with Crippen LogP contribution in [0.5, 0.6) is 0 Å². The van der Waals surface area contributed by atoms with E-state index in [1.54, 1.807) is 12.3 Å². The Morgan fingerprint density at radius 3 is 3.08 bits per heavy atom. The van der Waals surface area contributed by atoms with Gasteiger partial charge in [0, 0.05) is 18.8 Å². The molecule has 0 aromatic carbocycles. The van der Waals surface area contributed by atoms with Gasteiger partial charge < -0.3 is 19.8 Å². The lowest BCUT2D eigenvalue weighted by molar-refractivity contribution is 0.0946. The Balaban J connectivity index is 1.57. The minimum absolute atomic E-state index is 0.121. The molecule has 7 heteroatoms. The zero-order valence-corrected chi connectivity index (χ0v) is 14.4. The van der Waals surface area contributed by atoms with Gasteiger partial charge in [-0.1, -0.05) is 18.5 Å². The Labute approximate surface area is 147 Å². The Hall–Kier alpha value is -2.41. The van der Waals surface area contributed by atoms with Crippen molar-refractivity contribution in [3.63, 3.8) is 0 Å². The van der Waals surface area contributed by atoms with Crippen molar-refractivity contribution in [1.29, 1.82) is 0 Å². The Morgan fingerprint density at radius 2 is 2.36 bits per heavy atom. The van der Waals surface area contributed by atoms with Gasteiger partial charge in [0.2, 0.25) is 0 Å². The van der Waals surface area contributed by atoms with E-state index in [1.807, 2.05) is 12.1 Å². The van der Waals surface area contributed by atoms with E-state index in [9.17, 15) is 9.90 Å². The number of hydrogen-bond acceptors (Lipinski definition) is 6. The maximum absolute atomic E-state index is 12.2. The molecule has 3 heterocycles. The van der Waals surface area contributed by atoms with Gasteiger partial charge in [-0.2, -0.15) is 0 Å². The molecule has 2 N–H and O–H groups in total. The van der Waals surface area contributed by atoms with E-state index in [-0.39, 0.29) is 18.6 Å². The van der Waals surface area contributed by atoms with Crippen molar-refractivity contribution in [2.24, 2.45) is 0 Å². The molecule has 1 aliphatic rings. The van der Waals surface area contributed by atoms with E-state index in [2.05, 4.69) is 27.3 Å². The summed E-state index contributed by atoms with van der Waals surface area (Å²) in [7, 11) is 0. The van der Waals surface area contributed by atoms with Crippen LogP contribution >= 0.6 is 0 Å². The minimum Gasteiger partial charge on any atom is -0.394 e. The van der Waals surface area contributed by atoms with Crippen molar-refractivity contribution in [2.75, 3.05) is 18.1 Å². The highest BCUT2D eigenvalue weighted by atomic mass is 16.5. The summed E-state index contributed by atoms with van der Waals surface area (Å²) in [5.41, 5.74) is 1.40. The van der Waals surface area contributed by atoms with Crippen LogP contribution in [0.2, 0.25) is 0 Å². The van der Waals surface area contributed by atoms with Gasteiger partial charge >= 0.3 is 0 Å². The predicted octanol–water partition coefficient (Wildman–Crippen LogP) is 1.91. The molecular formula is C18H24N4O3. The number of carbonyl (C=O) groups is 1. The van der Waals surface area contributed by atoms with Gasteiger partial charge in [-0.3, -0.25) is 4.79 Å². The number of aryl methyl sites for hydroxylation is 1. The molecule has 0 unspecified atom stereocenters. The fourth-order valence-corrected chi connectivity index (χ4v) is 3.10. The van der Waals surface area contributed by atoms with Gasteiger partial charge in [0.25, 0.3) is 5.91 Å². The van der Waals surface area contributed by atoms with E-state index in [0.29, 0.717) is 17.9 Å². The summed E-state index contributed by atoms with van der Waals surface area (Å²) in [6.07, 6.45) is 5.46. The molecular weight excluding hydrogens is 320 g/mol. The van der Waals surface area contributed by atoms with Gasteiger partial charge in [-0.15, -0.1) is 0 Å². The van der Waals surface area contributed by atoms with Crippen molar-refractivity contribution in [3.8, 4) is 0 Å². The molecule has 1 aliphatic heterocycles. The molecule has 1 atom stereocenters. The number of anilines is 1. The average molecular weight is 344 g/mol. The molecule has 0 radical (unpaired) electrons. The second-order valence-corrected chi connectivity index (χ2v) is 6.29. The maximum Gasteiger partial charge on any atom is 0.253 e. The first-order valence-electron chi connectivity index (χ1n) is 8.77. The highest BCUT2D eigenvalue weighted by Crippen LogP contribution is 2.23. The lowest BCUT2D eigenvalue weighted by atomic mass is 10.2. The third kappa shape index (κ3) is 4.17. The number of pyridine rings is 1. The number of hydrogen-bond donors (Lipinski definition) is 2. The zero-order valence-electron chi connectivity index (χ0n) is 14.4. The summed E-state index contributed by atoms with van der Waals surface area (Å²) in [4.78, 5) is 18.7. The molecule has 0 saturated carbocycles. The van der Waals surface area contributed by atoms with Crippen molar-refractivity contribution in [2.45, 2.75) is 45.2 Å². The fraction of sp³-hybridized carbons (Fsp3) is 0.500. The molecule has 2 aromatic rings. The Kier molecular flexibility index (Phi) is 5.65. The zero-order chi connectivity index (χ0) is 17.6. The lowest BCUT2D eigenvalue weighted by Crippen LogP contribution is -2.32. The lowest BCUT2D eigenvalue weighted by Gasteiger charge is -2.24. The molecule has 1 amide bonds. The summed E-state index contributed by atoms with van der Waals surface area (Å²) in [5.74, 6) is 1.24. The number of amides is 1. The summed E-state index contributed by atoms with van der Waals surface area (Å²) in [6.45, 7) is 3.39. The highest BCUT2D eigenvalue weighted by molar-refractivity contribution is 5.93. The second-order valence-electron chi connectivity index (χ2n) is 6.29. The van der Waals surface area contributed by atoms with Gasteiger partial charge in [0.1, 0.15) is 5.82 Å². The van der Waals surface area contributed by atoms with E-state index >= 15 is 0 Å². The number of rotatable bonds is 7. The number of aliphatic hydroxyl groups excluding tert-OH is 1. The first kappa shape index (κ1) is 17.4. The van der Waals surface area contributed by atoms with Crippen LogP contribution in [0.1, 0.15) is 48.0 Å². The quantitative estimate of drug-likeness (QED) is 0.797. The number of nitrogens with zero attached hydrogens (tertiary/aromatic N) is 3. The van der Waals surface area contributed by atoms with Gasteiger partial charge in [0.15, 0.2) is 5.76 Å². The predicted molar refractivity (Wildman–Crippen MR) is 93.4 cm³/mol. The van der Waals surface area contributed by atoms with Gasteiger partial charge in [-0.05, 0) is 31.4 Å². The molecule has 1 fully saturated rings. The summed E-state index contributed by atoms with van der Waals surface area (Å²) in [6, 6.07) is 5.58. The first-order valence-corrected chi connectivity index (χ1v) is 8.77. The highest BCUT2D eigenvalue weighted by Gasteiger charge is 2.24. The van der Waals surface area contributed by atoms with E-state index in [0.717, 1.165) is 43.7 Å². The van der Waals surface area contributed by atoms with Crippen molar-refractivity contribution < 1.29 is 14.4 Å². The van der Waals surface area contributed by atoms with Crippen LogP contribution in [0.25, 0.3) is 0 Å². The van der Waals surface area contributed by atoms with E-state index in [1.165, 1.54) is 0 Å². The minimum atomic E-state index is -0.201. The summed E-state index contributed by atoms with van der Waals surface area (Å²) in [5, 5.41) is 16.2. The van der Waals surface area contributed by atoms with Gasteiger partial charge in [-0.25, -0.2) is 4.98 Å². The SMILES string of the molecule is CCCc1cc(CNC(=O)c2ccc(N3CCC[C@H]3CO)nc2)on1. The number of nitrogens with one attached hydrogen (secondary N) is 1. The topological polar surface area (TPSA) is 91.5 Å². The number of aromatic nitrogens is 2. The van der Waals surface area contributed by atoms with E-state index < -0.39 is 0 Å². The molecule has 25 heavy (non-hydrogen) atoms. The van der Waals surface area contributed by atoms with Gasteiger partial charge in [0.05, 0.1) is 30.5 Å². The fourth-order valence-electron chi connectivity index (χ4n) is 3.10. The molecule has 0 aliphatic carbocycles. The molecule has 1 saturated heterocycles. The van der Waals surface area contributed by atoms with Crippen LogP contribution in [0, 0.1) is 0 Å². The van der Waals surface area contributed by atoms with Crippen molar-refractivity contribution in [1.82, 2.24) is 15.5 Å². The van der Waals surface area contributed by atoms with Crippen LogP contribution in [0.15, 0.2) is 28.9 Å². The van der Waals surface area contributed by atoms with Crippen LogP contribution in [-0.4, -0.2) is 40.3 Å². The Bertz CT molecular complexity index is 699. The normalized spacial score (nSPS) is 17.0. The Morgan fingerprint density at radius 1 is 1.48 bits per heavy atom. The first-order chi connectivity index (χ1) is 12.2. The van der Waals surface area contributed by atoms with E-state index in [4.69, 9.17) is 4.52 Å². The largest absolute Gasteiger partial charge is 0.394 e. The summed E-state index contributed by atoms with van der Waals surface area (Å²) < 4.78 is 5.20. The van der Waals surface area contributed by atoms with Crippen molar-refractivity contribution in [3.05, 3.63) is 41.4 Å². The van der Waals surface area contributed by atoms with Crippen LogP contribution in [0.4, 0.5) is 5.82 Å². The van der Waals surface area contributed by atoms with Crippen LogP contribution in [0.3, 0.4) is 0 Å². The second kappa shape index (κ2) is 8.11. The standard InChI is InChI=1S/C18H24N4O3/c1-2-4-14-9-16(25-21-14)11-20-18(24)13-6-7-17(19-10-13)22-8-3-5-15(22)12-23/h6-7,9-10,15,23H,2-5,8,11-12H2,1H3,(H,20,24)/t15-/m0/s1. The molecule has 134 valence electrons. The molecule has 7 nitrogen and oxygen atoms in total.